The number of nitrogens with zero attached hydrogens (tertiary/aromatic N) is 1. The van der Waals surface area contributed by atoms with Gasteiger partial charge in [0.05, 0.1) is 11.7 Å². The number of hydrogen-bond acceptors (Lipinski definition) is 3. The molecule has 2 aromatic rings. The summed E-state index contributed by atoms with van der Waals surface area (Å²) in [5.74, 6) is -1.75. The van der Waals surface area contributed by atoms with Gasteiger partial charge in [0.1, 0.15) is 0 Å². The van der Waals surface area contributed by atoms with Gasteiger partial charge in [-0.1, -0.05) is 30.3 Å². The van der Waals surface area contributed by atoms with Crippen LogP contribution in [0.4, 0.5) is 0 Å². The van der Waals surface area contributed by atoms with Crippen molar-refractivity contribution in [2.24, 2.45) is 0 Å². The van der Waals surface area contributed by atoms with E-state index in [1.807, 2.05) is 22.8 Å². The standard InChI is InChI=1S/C16H15NO3.Na/c18-15(11-5-2-1-3-6-11)14-9-8-13-12(16(19)20)7-4-10-17(13)14;/h1-3,5-6,8-9,12H,4,7,10H2,(H,19,20);/q;+1/p-1. The van der Waals surface area contributed by atoms with Crippen molar-refractivity contribution in [1.82, 2.24) is 4.57 Å². The fourth-order valence-electron chi connectivity index (χ4n) is 2.81. The van der Waals surface area contributed by atoms with Crippen LogP contribution in [0.15, 0.2) is 42.5 Å². The van der Waals surface area contributed by atoms with Gasteiger partial charge in [0.2, 0.25) is 5.78 Å². The Balaban J connectivity index is 0.00000161. The Morgan fingerprint density at radius 2 is 1.81 bits per heavy atom. The Bertz CT molecular complexity index is 663. The summed E-state index contributed by atoms with van der Waals surface area (Å²) in [7, 11) is 0. The van der Waals surface area contributed by atoms with Gasteiger partial charge in [-0.2, -0.15) is 0 Å². The second kappa shape index (κ2) is 6.60. The summed E-state index contributed by atoms with van der Waals surface area (Å²) in [4.78, 5) is 23.6. The van der Waals surface area contributed by atoms with E-state index < -0.39 is 11.9 Å². The summed E-state index contributed by atoms with van der Waals surface area (Å²) in [6.07, 6.45) is 1.32. The molecule has 1 aliphatic heterocycles. The minimum Gasteiger partial charge on any atom is -0.549 e. The average Bonchev–Trinajstić information content (AvgIpc) is 2.91. The van der Waals surface area contributed by atoms with E-state index in [2.05, 4.69) is 0 Å². The van der Waals surface area contributed by atoms with Crippen LogP contribution in [0.5, 0.6) is 0 Å². The summed E-state index contributed by atoms with van der Waals surface area (Å²) >= 11 is 0. The maximum atomic E-state index is 12.5. The van der Waals surface area contributed by atoms with Crippen molar-refractivity contribution in [3.05, 3.63) is 59.4 Å². The minimum atomic E-state index is -1.07. The molecule has 3 rings (SSSR count). The summed E-state index contributed by atoms with van der Waals surface area (Å²) in [5.41, 5.74) is 1.84. The van der Waals surface area contributed by atoms with Gasteiger partial charge in [-0.05, 0) is 25.0 Å². The van der Waals surface area contributed by atoms with Gasteiger partial charge in [0, 0.05) is 23.7 Å². The predicted molar refractivity (Wildman–Crippen MR) is 71.3 cm³/mol. The summed E-state index contributed by atoms with van der Waals surface area (Å²) in [6.45, 7) is 0.681. The topological polar surface area (TPSA) is 62.1 Å². The minimum absolute atomic E-state index is 0. The number of carbonyl (C=O) groups is 2. The number of aliphatic carboxylic acids is 1. The van der Waals surface area contributed by atoms with Crippen LogP contribution >= 0.6 is 0 Å². The van der Waals surface area contributed by atoms with E-state index in [1.165, 1.54) is 0 Å². The Morgan fingerprint density at radius 3 is 2.48 bits per heavy atom. The van der Waals surface area contributed by atoms with Crippen molar-refractivity contribution in [3.8, 4) is 0 Å². The van der Waals surface area contributed by atoms with Gasteiger partial charge in [-0.15, -0.1) is 0 Å². The molecule has 0 amide bonds. The van der Waals surface area contributed by atoms with Crippen LogP contribution in [0.1, 0.15) is 40.5 Å². The van der Waals surface area contributed by atoms with Crippen LogP contribution in [0.2, 0.25) is 0 Å². The molecular formula is C16H14NNaO3. The zero-order chi connectivity index (χ0) is 14.1. The first kappa shape index (κ1) is 16.0. The van der Waals surface area contributed by atoms with Gasteiger partial charge >= 0.3 is 29.6 Å². The van der Waals surface area contributed by atoms with Crippen molar-refractivity contribution in [3.63, 3.8) is 0 Å². The van der Waals surface area contributed by atoms with Crippen LogP contribution in [0.25, 0.3) is 0 Å². The number of carboxylic acids is 1. The third kappa shape index (κ3) is 2.98. The molecule has 0 saturated heterocycles. The van der Waals surface area contributed by atoms with Crippen LogP contribution in [-0.2, 0) is 11.3 Å². The van der Waals surface area contributed by atoms with Crippen molar-refractivity contribution >= 4 is 11.8 Å². The Labute approximate surface area is 145 Å². The quantitative estimate of drug-likeness (QED) is 0.503. The molecular weight excluding hydrogens is 277 g/mol. The van der Waals surface area contributed by atoms with E-state index in [9.17, 15) is 14.7 Å². The number of rotatable bonds is 3. The predicted octanol–water partition coefficient (Wildman–Crippen LogP) is -1.65. The molecule has 0 aliphatic carbocycles. The molecule has 0 saturated carbocycles. The monoisotopic (exact) mass is 291 g/mol. The second-order valence-electron chi connectivity index (χ2n) is 5.00. The molecule has 0 radical (unpaired) electrons. The van der Waals surface area contributed by atoms with Gasteiger partial charge in [-0.3, -0.25) is 4.79 Å². The number of carbonyl (C=O) groups excluding carboxylic acids is 2. The molecule has 5 heteroatoms. The van der Waals surface area contributed by atoms with Crippen molar-refractivity contribution < 1.29 is 44.3 Å². The molecule has 1 aromatic heterocycles. The molecule has 0 bridgehead atoms. The first-order valence-corrected chi connectivity index (χ1v) is 6.68. The van der Waals surface area contributed by atoms with Crippen molar-refractivity contribution in [1.29, 1.82) is 0 Å². The van der Waals surface area contributed by atoms with Gasteiger partial charge in [0.25, 0.3) is 0 Å². The third-order valence-corrected chi connectivity index (χ3v) is 3.80. The van der Waals surface area contributed by atoms with E-state index in [0.717, 1.165) is 6.42 Å². The number of aromatic nitrogens is 1. The zero-order valence-corrected chi connectivity index (χ0v) is 13.9. The van der Waals surface area contributed by atoms with Gasteiger partial charge in [0.15, 0.2) is 0 Å². The molecule has 1 aliphatic rings. The maximum Gasteiger partial charge on any atom is 1.00 e. The number of fused-ring (bicyclic) bond motifs is 1. The molecule has 1 unspecified atom stereocenters. The first-order chi connectivity index (χ1) is 9.68. The summed E-state index contributed by atoms with van der Waals surface area (Å²) in [5, 5.41) is 11.2. The largest absolute Gasteiger partial charge is 1.00 e. The number of benzene rings is 1. The molecule has 21 heavy (non-hydrogen) atoms. The summed E-state index contributed by atoms with van der Waals surface area (Å²) in [6, 6.07) is 12.5. The smallest absolute Gasteiger partial charge is 0.549 e. The van der Waals surface area contributed by atoms with Crippen molar-refractivity contribution in [2.45, 2.75) is 25.3 Å². The number of carboxylic acid groups (broad SMARTS) is 1. The molecule has 0 spiro atoms. The maximum absolute atomic E-state index is 12.5. The molecule has 1 aromatic carbocycles. The second-order valence-corrected chi connectivity index (χ2v) is 5.00. The van der Waals surface area contributed by atoms with Crippen LogP contribution in [-0.4, -0.2) is 16.3 Å². The van der Waals surface area contributed by atoms with E-state index in [1.54, 1.807) is 24.3 Å². The van der Waals surface area contributed by atoms with Crippen LogP contribution in [0, 0.1) is 0 Å². The van der Waals surface area contributed by atoms with Gasteiger partial charge < -0.3 is 14.5 Å². The number of ketones is 1. The molecule has 2 heterocycles. The first-order valence-electron chi connectivity index (χ1n) is 6.68. The molecule has 4 nitrogen and oxygen atoms in total. The van der Waals surface area contributed by atoms with E-state index in [4.69, 9.17) is 0 Å². The summed E-state index contributed by atoms with van der Waals surface area (Å²) < 4.78 is 1.82. The fraction of sp³-hybridized carbons (Fsp3) is 0.250. The SMILES string of the molecule is O=C(c1ccccc1)c1ccc2n1CCCC2C(=O)[O-].[Na+]. The number of hydrogen-bond donors (Lipinski definition) is 0. The molecule has 102 valence electrons. The fourth-order valence-corrected chi connectivity index (χ4v) is 2.81. The third-order valence-electron chi connectivity index (χ3n) is 3.80. The van der Waals surface area contributed by atoms with E-state index in [0.29, 0.717) is 29.9 Å². The van der Waals surface area contributed by atoms with Gasteiger partial charge in [-0.25, -0.2) is 0 Å². The normalized spacial score (nSPS) is 16.7. The van der Waals surface area contributed by atoms with E-state index in [-0.39, 0.29) is 35.3 Å². The Hall–Kier alpha value is -1.36. The average molecular weight is 291 g/mol. The molecule has 0 N–H and O–H groups in total. The molecule has 1 atom stereocenters. The van der Waals surface area contributed by atoms with Crippen LogP contribution < -0.4 is 34.7 Å². The zero-order valence-electron chi connectivity index (χ0n) is 11.9. The van der Waals surface area contributed by atoms with Crippen LogP contribution in [0.3, 0.4) is 0 Å². The Kier molecular flexibility index (Phi) is 5.04. The van der Waals surface area contributed by atoms with E-state index >= 15 is 0 Å². The molecule has 0 fully saturated rings. The van der Waals surface area contributed by atoms with Crippen molar-refractivity contribution in [2.75, 3.05) is 0 Å². The Morgan fingerprint density at radius 1 is 1.10 bits per heavy atom.